The van der Waals surface area contributed by atoms with E-state index in [1.807, 2.05) is 55.5 Å². The van der Waals surface area contributed by atoms with Gasteiger partial charge in [-0.2, -0.15) is 0 Å². The van der Waals surface area contributed by atoms with Crippen molar-refractivity contribution in [2.45, 2.75) is 20.0 Å². The Hall–Kier alpha value is -1.61. The van der Waals surface area contributed by atoms with E-state index < -0.39 is 0 Å². The normalized spacial score (nSPS) is 10.2. The fourth-order valence-electron chi connectivity index (χ4n) is 1.76. The van der Waals surface area contributed by atoms with Crippen LogP contribution in [0.4, 0.5) is 0 Å². The number of carbonyl (C=O) groups is 1. The summed E-state index contributed by atoms with van der Waals surface area (Å²) in [6, 6.07) is 15.5. The maximum absolute atomic E-state index is 11.8. The summed E-state index contributed by atoms with van der Waals surface area (Å²) in [5.74, 6) is 0.806. The number of Topliss-reactive ketones (excluding diaryl/α,β-unsaturated/α-hetero) is 1. The van der Waals surface area contributed by atoms with Crippen LogP contribution in [0.2, 0.25) is 0 Å². The van der Waals surface area contributed by atoms with E-state index in [-0.39, 0.29) is 5.78 Å². The number of ketones is 1. The molecule has 0 saturated carbocycles. The molecule has 0 N–H and O–H groups in total. The summed E-state index contributed by atoms with van der Waals surface area (Å²) >= 11 is 3.45. The van der Waals surface area contributed by atoms with Crippen molar-refractivity contribution in [2.24, 2.45) is 0 Å². The number of hydrogen-bond acceptors (Lipinski definition) is 2. The number of carbonyl (C=O) groups excluding carboxylic acids is 1. The van der Waals surface area contributed by atoms with Gasteiger partial charge in [0, 0.05) is 12.0 Å². The van der Waals surface area contributed by atoms with Gasteiger partial charge in [-0.1, -0.05) is 43.3 Å². The van der Waals surface area contributed by atoms with E-state index in [0.717, 1.165) is 10.0 Å². The van der Waals surface area contributed by atoms with E-state index in [1.54, 1.807) is 0 Å². The predicted octanol–water partition coefficient (Wildman–Crippen LogP) is 4.62. The highest BCUT2D eigenvalue weighted by molar-refractivity contribution is 9.10. The summed E-state index contributed by atoms with van der Waals surface area (Å²) in [4.78, 5) is 11.8. The van der Waals surface area contributed by atoms with Crippen molar-refractivity contribution in [1.82, 2.24) is 0 Å². The Kier molecular flexibility index (Phi) is 4.74. The van der Waals surface area contributed by atoms with Crippen molar-refractivity contribution in [3.05, 3.63) is 64.1 Å². The first kappa shape index (κ1) is 13.8. The van der Waals surface area contributed by atoms with Gasteiger partial charge in [-0.15, -0.1) is 0 Å². The molecule has 19 heavy (non-hydrogen) atoms. The molecule has 0 spiro atoms. The molecule has 0 amide bonds. The van der Waals surface area contributed by atoms with Crippen molar-refractivity contribution in [3.63, 3.8) is 0 Å². The lowest BCUT2D eigenvalue weighted by molar-refractivity contribution is 0.0987. The second-order valence-corrected chi connectivity index (χ2v) is 4.96. The summed E-state index contributed by atoms with van der Waals surface area (Å²) in [5.41, 5.74) is 1.77. The van der Waals surface area contributed by atoms with Gasteiger partial charge in [-0.3, -0.25) is 4.79 Å². The Morgan fingerprint density at radius 1 is 1.11 bits per heavy atom. The molecule has 0 radical (unpaired) electrons. The van der Waals surface area contributed by atoms with E-state index in [2.05, 4.69) is 15.9 Å². The Labute approximate surface area is 121 Å². The molecule has 2 aromatic carbocycles. The van der Waals surface area contributed by atoms with Gasteiger partial charge in [0.25, 0.3) is 0 Å². The minimum Gasteiger partial charge on any atom is -0.488 e. The van der Waals surface area contributed by atoms with Gasteiger partial charge in [0.15, 0.2) is 5.78 Å². The van der Waals surface area contributed by atoms with Crippen molar-refractivity contribution in [3.8, 4) is 5.75 Å². The summed E-state index contributed by atoms with van der Waals surface area (Å²) in [5, 5.41) is 0. The third-order valence-electron chi connectivity index (χ3n) is 2.82. The van der Waals surface area contributed by atoms with E-state index in [1.165, 1.54) is 0 Å². The zero-order chi connectivity index (χ0) is 13.7. The highest BCUT2D eigenvalue weighted by Gasteiger charge is 2.12. The fourth-order valence-corrected chi connectivity index (χ4v) is 2.36. The number of rotatable bonds is 5. The minimum absolute atomic E-state index is 0.108. The van der Waals surface area contributed by atoms with Crippen LogP contribution >= 0.6 is 15.9 Å². The first-order valence-corrected chi connectivity index (χ1v) is 7.00. The van der Waals surface area contributed by atoms with Crippen LogP contribution in [-0.2, 0) is 6.61 Å². The standard InChI is InChI=1S/C16H15BrO2/c1-2-14(18)13-9-6-10-15(16(13)17)19-11-12-7-4-3-5-8-12/h3-10H,2,11H2,1H3. The molecular formula is C16H15BrO2. The molecule has 2 nitrogen and oxygen atoms in total. The Morgan fingerprint density at radius 3 is 2.53 bits per heavy atom. The SMILES string of the molecule is CCC(=O)c1cccc(OCc2ccccc2)c1Br. The molecule has 0 heterocycles. The molecule has 2 aromatic rings. The Morgan fingerprint density at radius 2 is 1.84 bits per heavy atom. The second kappa shape index (κ2) is 6.53. The summed E-state index contributed by atoms with van der Waals surface area (Å²) in [6.07, 6.45) is 0.487. The third-order valence-corrected chi connectivity index (χ3v) is 3.64. The lowest BCUT2D eigenvalue weighted by Gasteiger charge is -2.10. The lowest BCUT2D eigenvalue weighted by atomic mass is 10.1. The van der Waals surface area contributed by atoms with Gasteiger partial charge in [-0.25, -0.2) is 0 Å². The summed E-state index contributed by atoms with van der Waals surface area (Å²) in [6.45, 7) is 2.34. The molecule has 2 rings (SSSR count). The highest BCUT2D eigenvalue weighted by Crippen LogP contribution is 2.30. The quantitative estimate of drug-likeness (QED) is 0.752. The number of ether oxygens (including phenoxy) is 1. The minimum atomic E-state index is 0.108. The molecule has 0 atom stereocenters. The molecule has 0 aliphatic rings. The molecule has 0 fully saturated rings. The zero-order valence-electron chi connectivity index (χ0n) is 10.7. The first-order valence-electron chi connectivity index (χ1n) is 6.20. The van der Waals surface area contributed by atoms with Crippen LogP contribution in [0, 0.1) is 0 Å². The molecule has 0 bridgehead atoms. The van der Waals surface area contributed by atoms with Crippen molar-refractivity contribution < 1.29 is 9.53 Å². The monoisotopic (exact) mass is 318 g/mol. The van der Waals surface area contributed by atoms with Crippen molar-refractivity contribution in [1.29, 1.82) is 0 Å². The predicted molar refractivity (Wildman–Crippen MR) is 79.5 cm³/mol. The zero-order valence-corrected chi connectivity index (χ0v) is 12.3. The summed E-state index contributed by atoms with van der Waals surface area (Å²) in [7, 11) is 0. The van der Waals surface area contributed by atoms with Crippen LogP contribution in [0.5, 0.6) is 5.75 Å². The Balaban J connectivity index is 2.15. The van der Waals surface area contributed by atoms with Crippen molar-refractivity contribution >= 4 is 21.7 Å². The van der Waals surface area contributed by atoms with Crippen LogP contribution in [0.15, 0.2) is 53.0 Å². The molecule has 0 unspecified atom stereocenters. The van der Waals surface area contributed by atoms with E-state index >= 15 is 0 Å². The third kappa shape index (κ3) is 3.44. The van der Waals surface area contributed by atoms with Gasteiger partial charge in [0.05, 0.1) is 4.47 Å². The molecule has 0 aliphatic carbocycles. The average molecular weight is 319 g/mol. The first-order chi connectivity index (χ1) is 9.22. The molecule has 0 aliphatic heterocycles. The number of halogens is 1. The van der Waals surface area contributed by atoms with Gasteiger partial charge in [-0.05, 0) is 33.6 Å². The van der Waals surface area contributed by atoms with Crippen LogP contribution in [0.1, 0.15) is 29.3 Å². The van der Waals surface area contributed by atoms with Gasteiger partial charge >= 0.3 is 0 Å². The Bertz CT molecular complexity index is 564. The second-order valence-electron chi connectivity index (χ2n) is 4.17. The van der Waals surface area contributed by atoms with Gasteiger partial charge < -0.3 is 4.74 Å². The largest absolute Gasteiger partial charge is 0.488 e. The van der Waals surface area contributed by atoms with E-state index in [0.29, 0.717) is 24.3 Å². The fraction of sp³-hybridized carbons (Fsp3) is 0.188. The lowest BCUT2D eigenvalue weighted by Crippen LogP contribution is -2.01. The van der Waals surface area contributed by atoms with E-state index in [9.17, 15) is 4.79 Å². The molecule has 0 aromatic heterocycles. The smallest absolute Gasteiger partial charge is 0.163 e. The van der Waals surface area contributed by atoms with Crippen LogP contribution in [0.25, 0.3) is 0 Å². The molecule has 3 heteroatoms. The molecule has 0 saturated heterocycles. The van der Waals surface area contributed by atoms with Crippen LogP contribution < -0.4 is 4.74 Å². The molecule has 98 valence electrons. The number of benzene rings is 2. The molecular weight excluding hydrogens is 304 g/mol. The van der Waals surface area contributed by atoms with E-state index in [4.69, 9.17) is 4.74 Å². The summed E-state index contributed by atoms with van der Waals surface area (Å²) < 4.78 is 6.49. The van der Waals surface area contributed by atoms with Gasteiger partial charge in [0.2, 0.25) is 0 Å². The maximum Gasteiger partial charge on any atom is 0.163 e. The topological polar surface area (TPSA) is 26.3 Å². The van der Waals surface area contributed by atoms with Crippen LogP contribution in [0.3, 0.4) is 0 Å². The van der Waals surface area contributed by atoms with Crippen molar-refractivity contribution in [2.75, 3.05) is 0 Å². The average Bonchev–Trinajstić information content (AvgIpc) is 2.46. The van der Waals surface area contributed by atoms with Gasteiger partial charge in [0.1, 0.15) is 12.4 Å². The van der Waals surface area contributed by atoms with Crippen LogP contribution in [-0.4, -0.2) is 5.78 Å². The number of hydrogen-bond donors (Lipinski definition) is 0. The maximum atomic E-state index is 11.8. The highest BCUT2D eigenvalue weighted by atomic mass is 79.9.